The van der Waals surface area contributed by atoms with Crippen LogP contribution in [0.5, 0.6) is 0 Å². The molecular weight excluding hydrogens is 212 g/mol. The van der Waals surface area contributed by atoms with Gasteiger partial charge in [0.2, 0.25) is 0 Å². The maximum Gasteiger partial charge on any atom is 0.0280 e. The molecule has 5 atom stereocenters. The third kappa shape index (κ3) is 1.65. The summed E-state index contributed by atoms with van der Waals surface area (Å²) in [6.07, 6.45) is 4.14. The molecular formula is C13H24N4. The fraction of sp³-hybridized carbons (Fsp3) is 1.00. The zero-order valence-corrected chi connectivity index (χ0v) is 10.5. The molecule has 0 bridgehead atoms. The molecule has 4 saturated heterocycles. The second kappa shape index (κ2) is 3.92. The van der Waals surface area contributed by atoms with Crippen molar-refractivity contribution in [1.82, 2.24) is 21.3 Å². The third-order valence-electron chi connectivity index (χ3n) is 5.61. The van der Waals surface area contributed by atoms with Crippen molar-refractivity contribution in [1.29, 1.82) is 0 Å². The van der Waals surface area contributed by atoms with Crippen LogP contribution >= 0.6 is 0 Å². The van der Waals surface area contributed by atoms with Gasteiger partial charge in [-0.05, 0) is 37.8 Å². The van der Waals surface area contributed by atoms with Crippen LogP contribution in [0.1, 0.15) is 19.3 Å². The molecule has 4 heteroatoms. The second-order valence-corrected chi connectivity index (χ2v) is 6.56. The van der Waals surface area contributed by atoms with Gasteiger partial charge in [-0.25, -0.2) is 0 Å². The molecule has 4 N–H and O–H groups in total. The largest absolute Gasteiger partial charge is 0.316 e. The summed E-state index contributed by atoms with van der Waals surface area (Å²) in [5.74, 6) is 0.886. The van der Waals surface area contributed by atoms with Crippen LogP contribution in [0.3, 0.4) is 0 Å². The first-order valence-electron chi connectivity index (χ1n) is 7.27. The van der Waals surface area contributed by atoms with Crippen molar-refractivity contribution in [3.05, 3.63) is 0 Å². The Morgan fingerprint density at radius 1 is 0.941 bits per heavy atom. The van der Waals surface area contributed by atoms with E-state index in [0.717, 1.165) is 18.0 Å². The first kappa shape index (κ1) is 10.7. The molecule has 4 aliphatic heterocycles. The summed E-state index contributed by atoms with van der Waals surface area (Å²) in [6, 6.07) is 2.21. The first-order chi connectivity index (χ1) is 8.36. The van der Waals surface area contributed by atoms with Crippen molar-refractivity contribution in [3.63, 3.8) is 0 Å². The molecule has 96 valence electrons. The quantitative estimate of drug-likeness (QED) is 0.485. The highest BCUT2D eigenvalue weighted by Gasteiger charge is 2.50. The standard InChI is InChI=1S/C13H24N4/c1-3-14-8-13(1)2-4-16-10(5-13)12-9-6-15-7-11(9)17-12/h9-12,14-17H,1-8H2. The van der Waals surface area contributed by atoms with E-state index < -0.39 is 0 Å². The van der Waals surface area contributed by atoms with Gasteiger partial charge in [-0.1, -0.05) is 0 Å². The Hall–Kier alpha value is -0.160. The van der Waals surface area contributed by atoms with Crippen molar-refractivity contribution in [2.75, 3.05) is 32.7 Å². The summed E-state index contributed by atoms with van der Waals surface area (Å²) in [5.41, 5.74) is 0.620. The highest BCUT2D eigenvalue weighted by atomic mass is 15.2. The molecule has 4 fully saturated rings. The third-order valence-corrected chi connectivity index (χ3v) is 5.61. The van der Waals surface area contributed by atoms with Crippen molar-refractivity contribution in [3.8, 4) is 0 Å². The predicted molar refractivity (Wildman–Crippen MR) is 68.0 cm³/mol. The Morgan fingerprint density at radius 2 is 1.88 bits per heavy atom. The maximum absolute atomic E-state index is 3.77. The zero-order valence-electron chi connectivity index (χ0n) is 10.5. The summed E-state index contributed by atoms with van der Waals surface area (Å²) in [6.45, 7) is 6.12. The summed E-state index contributed by atoms with van der Waals surface area (Å²) < 4.78 is 0. The van der Waals surface area contributed by atoms with Crippen LogP contribution in [0.2, 0.25) is 0 Å². The Kier molecular flexibility index (Phi) is 2.47. The highest BCUT2D eigenvalue weighted by Crippen LogP contribution is 2.40. The second-order valence-electron chi connectivity index (χ2n) is 6.56. The summed E-state index contributed by atoms with van der Waals surface area (Å²) in [4.78, 5) is 0. The van der Waals surface area contributed by atoms with Gasteiger partial charge in [0.05, 0.1) is 0 Å². The Bertz CT molecular complexity index is 300. The van der Waals surface area contributed by atoms with Gasteiger partial charge in [0.1, 0.15) is 0 Å². The summed E-state index contributed by atoms with van der Waals surface area (Å²) >= 11 is 0. The number of hydrogen-bond acceptors (Lipinski definition) is 4. The molecule has 4 nitrogen and oxygen atoms in total. The fourth-order valence-corrected chi connectivity index (χ4v) is 4.53. The average Bonchev–Trinajstić information content (AvgIpc) is 2.88. The molecule has 0 amide bonds. The molecule has 4 heterocycles. The first-order valence-corrected chi connectivity index (χ1v) is 7.27. The SMILES string of the molecule is C1CC2(CCNC(C3NC4CNCC43)C2)CN1. The average molecular weight is 236 g/mol. The van der Waals surface area contributed by atoms with Gasteiger partial charge >= 0.3 is 0 Å². The molecule has 0 radical (unpaired) electrons. The van der Waals surface area contributed by atoms with Crippen LogP contribution in [0.4, 0.5) is 0 Å². The van der Waals surface area contributed by atoms with Crippen LogP contribution in [0.15, 0.2) is 0 Å². The summed E-state index contributed by atoms with van der Waals surface area (Å²) in [5, 5.41) is 14.6. The van der Waals surface area contributed by atoms with Crippen molar-refractivity contribution in [2.24, 2.45) is 11.3 Å². The lowest BCUT2D eigenvalue weighted by Gasteiger charge is -2.50. The number of piperidine rings is 1. The van der Waals surface area contributed by atoms with E-state index in [9.17, 15) is 0 Å². The minimum Gasteiger partial charge on any atom is -0.316 e. The number of hydrogen-bond donors (Lipinski definition) is 4. The monoisotopic (exact) mass is 236 g/mol. The zero-order chi connectivity index (χ0) is 11.3. The van der Waals surface area contributed by atoms with E-state index in [1.54, 1.807) is 0 Å². The number of rotatable bonds is 1. The lowest BCUT2D eigenvalue weighted by atomic mass is 9.69. The van der Waals surface area contributed by atoms with Gasteiger partial charge in [0.15, 0.2) is 0 Å². The molecule has 0 saturated carbocycles. The van der Waals surface area contributed by atoms with Crippen LogP contribution in [0, 0.1) is 11.3 Å². The van der Waals surface area contributed by atoms with E-state index in [-0.39, 0.29) is 0 Å². The molecule has 1 spiro atoms. The van der Waals surface area contributed by atoms with Crippen molar-refractivity contribution in [2.45, 2.75) is 37.4 Å². The Labute approximate surface area is 103 Å². The molecule has 4 aliphatic rings. The van der Waals surface area contributed by atoms with Gasteiger partial charge in [-0.15, -0.1) is 0 Å². The van der Waals surface area contributed by atoms with Gasteiger partial charge in [0.25, 0.3) is 0 Å². The molecule has 4 rings (SSSR count). The van der Waals surface area contributed by atoms with E-state index in [0.29, 0.717) is 11.5 Å². The molecule has 0 aromatic rings. The van der Waals surface area contributed by atoms with Crippen LogP contribution < -0.4 is 21.3 Å². The van der Waals surface area contributed by atoms with E-state index in [1.807, 2.05) is 0 Å². The van der Waals surface area contributed by atoms with Gasteiger partial charge < -0.3 is 21.3 Å². The van der Waals surface area contributed by atoms with E-state index in [4.69, 9.17) is 0 Å². The van der Waals surface area contributed by atoms with Crippen LogP contribution in [-0.2, 0) is 0 Å². The van der Waals surface area contributed by atoms with Gasteiger partial charge in [-0.3, -0.25) is 0 Å². The van der Waals surface area contributed by atoms with Gasteiger partial charge in [-0.2, -0.15) is 0 Å². The normalized spacial score (nSPS) is 53.6. The minimum absolute atomic E-state index is 0.620. The van der Waals surface area contributed by atoms with Crippen LogP contribution in [-0.4, -0.2) is 50.8 Å². The predicted octanol–water partition coefficient (Wildman–Crippen LogP) is -0.722. The fourth-order valence-electron chi connectivity index (χ4n) is 4.53. The lowest BCUT2D eigenvalue weighted by molar-refractivity contribution is 0.0862. The Morgan fingerprint density at radius 3 is 2.71 bits per heavy atom. The molecule has 5 unspecified atom stereocenters. The molecule has 0 aliphatic carbocycles. The Balaban J connectivity index is 1.44. The molecule has 0 aromatic carbocycles. The van der Waals surface area contributed by atoms with E-state index in [1.165, 1.54) is 52.0 Å². The number of nitrogens with one attached hydrogen (secondary N) is 4. The molecule has 0 aromatic heterocycles. The highest BCUT2D eigenvalue weighted by molar-refractivity contribution is 5.10. The lowest BCUT2D eigenvalue weighted by Crippen LogP contribution is -2.69. The minimum atomic E-state index is 0.620. The maximum atomic E-state index is 3.77. The summed E-state index contributed by atoms with van der Waals surface area (Å²) in [7, 11) is 0. The van der Waals surface area contributed by atoms with Crippen LogP contribution in [0.25, 0.3) is 0 Å². The van der Waals surface area contributed by atoms with E-state index in [2.05, 4.69) is 21.3 Å². The smallest absolute Gasteiger partial charge is 0.0280 e. The van der Waals surface area contributed by atoms with Crippen molar-refractivity contribution < 1.29 is 0 Å². The van der Waals surface area contributed by atoms with Crippen molar-refractivity contribution >= 4 is 0 Å². The van der Waals surface area contributed by atoms with E-state index >= 15 is 0 Å². The molecule has 17 heavy (non-hydrogen) atoms. The topological polar surface area (TPSA) is 48.1 Å². The number of fused-ring (bicyclic) bond motifs is 1. The van der Waals surface area contributed by atoms with Gasteiger partial charge in [0, 0.05) is 43.7 Å².